The van der Waals surface area contributed by atoms with Gasteiger partial charge in [-0.2, -0.15) is 0 Å². The Kier molecular flexibility index (Phi) is 5.27. The molecule has 134 valence electrons. The predicted octanol–water partition coefficient (Wildman–Crippen LogP) is 3.56. The van der Waals surface area contributed by atoms with E-state index in [2.05, 4.69) is 21.2 Å². The molecule has 26 heavy (non-hydrogen) atoms. The molecular weight excluding hydrogens is 400 g/mol. The minimum atomic E-state index is -0.453. The lowest BCUT2D eigenvalue weighted by Gasteiger charge is -2.12. The van der Waals surface area contributed by atoms with E-state index in [1.807, 2.05) is 24.3 Å². The highest BCUT2D eigenvalue weighted by atomic mass is 79.9. The quantitative estimate of drug-likeness (QED) is 0.597. The van der Waals surface area contributed by atoms with E-state index in [1.165, 1.54) is 19.1 Å². The van der Waals surface area contributed by atoms with Crippen molar-refractivity contribution in [2.45, 2.75) is 6.54 Å². The molecule has 0 saturated carbocycles. The van der Waals surface area contributed by atoms with Crippen LogP contribution in [0, 0.1) is 0 Å². The Morgan fingerprint density at radius 3 is 2.46 bits per heavy atom. The van der Waals surface area contributed by atoms with Crippen molar-refractivity contribution in [1.29, 1.82) is 0 Å². The van der Waals surface area contributed by atoms with Crippen molar-refractivity contribution in [3.05, 3.63) is 63.8 Å². The highest BCUT2D eigenvalue weighted by molar-refractivity contribution is 9.10. The summed E-state index contributed by atoms with van der Waals surface area (Å²) in [4.78, 5) is 26.0. The predicted molar refractivity (Wildman–Crippen MR) is 101 cm³/mol. The first kappa shape index (κ1) is 18.0. The number of hydrogen-bond acceptors (Lipinski definition) is 4. The van der Waals surface area contributed by atoms with E-state index >= 15 is 0 Å². The molecule has 0 radical (unpaired) electrons. The van der Waals surface area contributed by atoms with Crippen LogP contribution in [-0.2, 0) is 11.3 Å². The van der Waals surface area contributed by atoms with Gasteiger partial charge in [0.15, 0.2) is 11.5 Å². The molecule has 1 saturated heterocycles. The monoisotopic (exact) mass is 416 g/mol. The fraction of sp³-hybridized carbons (Fsp3) is 0.158. The van der Waals surface area contributed by atoms with E-state index in [0.717, 1.165) is 10.0 Å². The highest BCUT2D eigenvalue weighted by Gasteiger charge is 2.33. The summed E-state index contributed by atoms with van der Waals surface area (Å²) >= 11 is 3.36. The molecule has 3 rings (SSSR count). The number of nitrogens with zero attached hydrogens (tertiary/aromatic N) is 1. The summed E-state index contributed by atoms with van der Waals surface area (Å²) in [5.74, 6) is 0.657. The number of ether oxygens (including phenoxy) is 2. The Bertz CT molecular complexity index is 878. The maximum Gasteiger partial charge on any atom is 0.329 e. The number of halogens is 1. The van der Waals surface area contributed by atoms with Crippen molar-refractivity contribution in [3.63, 3.8) is 0 Å². The van der Waals surface area contributed by atoms with E-state index in [0.29, 0.717) is 17.1 Å². The number of benzene rings is 2. The molecular formula is C19H17BrN2O4. The van der Waals surface area contributed by atoms with E-state index in [1.54, 1.807) is 24.3 Å². The van der Waals surface area contributed by atoms with E-state index < -0.39 is 6.03 Å². The average molecular weight is 417 g/mol. The van der Waals surface area contributed by atoms with Gasteiger partial charge in [-0.25, -0.2) is 4.79 Å². The van der Waals surface area contributed by atoms with E-state index in [-0.39, 0.29) is 18.1 Å². The molecule has 2 aromatic carbocycles. The fourth-order valence-electron chi connectivity index (χ4n) is 2.67. The van der Waals surface area contributed by atoms with E-state index in [9.17, 15) is 9.59 Å². The summed E-state index contributed by atoms with van der Waals surface area (Å²) in [6.07, 6.45) is 1.59. The van der Waals surface area contributed by atoms with Gasteiger partial charge in [0.25, 0.3) is 5.91 Å². The summed E-state index contributed by atoms with van der Waals surface area (Å²) in [5, 5.41) is 2.62. The topological polar surface area (TPSA) is 67.9 Å². The van der Waals surface area contributed by atoms with Gasteiger partial charge < -0.3 is 14.8 Å². The highest BCUT2D eigenvalue weighted by Crippen LogP contribution is 2.32. The van der Waals surface area contributed by atoms with Gasteiger partial charge in [0.05, 0.1) is 20.8 Å². The molecule has 1 heterocycles. The second-order valence-electron chi connectivity index (χ2n) is 5.59. The summed E-state index contributed by atoms with van der Waals surface area (Å²) in [6, 6.07) is 12.3. The number of carbonyl (C=O) groups excluding carboxylic acids is 2. The first-order chi connectivity index (χ1) is 12.5. The molecule has 3 amide bonds. The Labute approximate surface area is 159 Å². The third kappa shape index (κ3) is 3.57. The average Bonchev–Trinajstić information content (AvgIpc) is 2.90. The van der Waals surface area contributed by atoms with Crippen molar-refractivity contribution in [1.82, 2.24) is 10.2 Å². The molecule has 1 aliphatic rings. The number of amides is 3. The minimum Gasteiger partial charge on any atom is -0.493 e. The molecule has 0 aliphatic carbocycles. The van der Waals surface area contributed by atoms with Crippen LogP contribution in [0.4, 0.5) is 4.79 Å². The van der Waals surface area contributed by atoms with Crippen LogP contribution < -0.4 is 14.8 Å². The number of urea groups is 1. The number of imide groups is 1. The smallest absolute Gasteiger partial charge is 0.329 e. The van der Waals surface area contributed by atoms with Crippen LogP contribution in [0.15, 0.2) is 52.6 Å². The number of carbonyl (C=O) groups is 2. The van der Waals surface area contributed by atoms with Crippen molar-refractivity contribution in [3.8, 4) is 11.5 Å². The first-order valence-corrected chi connectivity index (χ1v) is 8.62. The summed E-state index contributed by atoms with van der Waals surface area (Å²) in [6.45, 7) is 0.199. The standard InChI is InChI=1S/C19H17BrN2O4/c1-25-16-5-3-4-13(17(16)26-2)10-15-18(23)22(19(24)21-15)11-12-6-8-14(20)9-7-12/h3-10H,11H2,1-2H3,(H,21,24). The largest absolute Gasteiger partial charge is 0.493 e. The molecule has 0 unspecified atom stereocenters. The Balaban J connectivity index is 1.87. The second kappa shape index (κ2) is 7.61. The van der Waals surface area contributed by atoms with Crippen LogP contribution in [0.1, 0.15) is 11.1 Å². The minimum absolute atomic E-state index is 0.193. The molecule has 1 N–H and O–H groups in total. The molecule has 0 atom stereocenters. The van der Waals surface area contributed by atoms with Gasteiger partial charge >= 0.3 is 6.03 Å². The van der Waals surface area contributed by atoms with Gasteiger partial charge in [-0.05, 0) is 29.8 Å². The van der Waals surface area contributed by atoms with Gasteiger partial charge in [0.2, 0.25) is 0 Å². The molecule has 1 aliphatic heterocycles. The molecule has 7 heteroatoms. The lowest BCUT2D eigenvalue weighted by molar-refractivity contribution is -0.123. The molecule has 6 nitrogen and oxygen atoms in total. The molecule has 1 fully saturated rings. The van der Waals surface area contributed by atoms with Gasteiger partial charge in [-0.3, -0.25) is 9.69 Å². The molecule has 0 aromatic heterocycles. The van der Waals surface area contributed by atoms with Crippen molar-refractivity contribution < 1.29 is 19.1 Å². The molecule has 0 bridgehead atoms. The zero-order valence-electron chi connectivity index (χ0n) is 14.3. The van der Waals surface area contributed by atoms with E-state index in [4.69, 9.17) is 9.47 Å². The summed E-state index contributed by atoms with van der Waals surface area (Å²) in [7, 11) is 3.06. The van der Waals surface area contributed by atoms with Crippen LogP contribution >= 0.6 is 15.9 Å². The SMILES string of the molecule is COc1cccc(C=C2NC(=O)N(Cc3ccc(Br)cc3)C2=O)c1OC. The fourth-order valence-corrected chi connectivity index (χ4v) is 2.93. The van der Waals surface area contributed by atoms with Gasteiger partial charge in [0.1, 0.15) is 5.70 Å². The number of hydrogen-bond donors (Lipinski definition) is 1. The Morgan fingerprint density at radius 2 is 1.81 bits per heavy atom. The lowest BCUT2D eigenvalue weighted by atomic mass is 10.1. The van der Waals surface area contributed by atoms with Crippen LogP contribution in [0.2, 0.25) is 0 Å². The number of para-hydroxylation sites is 1. The van der Waals surface area contributed by atoms with Crippen molar-refractivity contribution in [2.24, 2.45) is 0 Å². The first-order valence-electron chi connectivity index (χ1n) is 7.83. The normalized spacial score (nSPS) is 15.3. The summed E-state index contributed by atoms with van der Waals surface area (Å²) in [5.41, 5.74) is 1.69. The van der Waals surface area contributed by atoms with Crippen molar-refractivity contribution >= 4 is 33.9 Å². The van der Waals surface area contributed by atoms with Gasteiger partial charge in [-0.1, -0.05) is 40.2 Å². The maximum absolute atomic E-state index is 12.6. The third-order valence-electron chi connectivity index (χ3n) is 3.95. The van der Waals surface area contributed by atoms with Crippen LogP contribution in [0.3, 0.4) is 0 Å². The van der Waals surface area contributed by atoms with Gasteiger partial charge in [0, 0.05) is 10.0 Å². The Hall–Kier alpha value is -2.80. The Morgan fingerprint density at radius 1 is 1.08 bits per heavy atom. The molecule has 2 aromatic rings. The number of methoxy groups -OCH3 is 2. The van der Waals surface area contributed by atoms with Crippen LogP contribution in [-0.4, -0.2) is 31.1 Å². The zero-order chi connectivity index (χ0) is 18.7. The van der Waals surface area contributed by atoms with Crippen LogP contribution in [0.25, 0.3) is 6.08 Å². The van der Waals surface area contributed by atoms with Crippen LogP contribution in [0.5, 0.6) is 11.5 Å². The number of rotatable bonds is 5. The summed E-state index contributed by atoms with van der Waals surface area (Å²) < 4.78 is 11.6. The van der Waals surface area contributed by atoms with Gasteiger partial charge in [-0.15, -0.1) is 0 Å². The molecule has 0 spiro atoms. The maximum atomic E-state index is 12.6. The third-order valence-corrected chi connectivity index (χ3v) is 4.48. The number of nitrogens with one attached hydrogen (secondary N) is 1. The lowest BCUT2D eigenvalue weighted by Crippen LogP contribution is -2.30. The van der Waals surface area contributed by atoms with Crippen molar-refractivity contribution in [2.75, 3.05) is 14.2 Å². The zero-order valence-corrected chi connectivity index (χ0v) is 15.9. The second-order valence-corrected chi connectivity index (χ2v) is 6.50.